The molecule has 1 N–H and O–H groups in total. The van der Waals surface area contributed by atoms with Crippen molar-refractivity contribution in [2.75, 3.05) is 6.54 Å². The number of fused-ring (bicyclic) bond motifs is 1. The molecule has 8 heteroatoms. The van der Waals surface area contributed by atoms with Crippen LogP contribution in [0.4, 0.5) is 0 Å². The van der Waals surface area contributed by atoms with E-state index in [4.69, 9.17) is 28.3 Å². The van der Waals surface area contributed by atoms with Crippen molar-refractivity contribution in [2.45, 2.75) is 17.8 Å². The lowest BCUT2D eigenvalue weighted by atomic mass is 10.1. The number of aromatic carboxylic acids is 1. The number of aromatic nitrogens is 2. The molecule has 1 aliphatic heterocycles. The zero-order valence-electron chi connectivity index (χ0n) is 9.56. The average molecular weight is 292 g/mol. The molecule has 2 heterocycles. The van der Waals surface area contributed by atoms with Gasteiger partial charge >= 0.3 is 5.97 Å². The third-order valence-electron chi connectivity index (χ3n) is 2.94. The van der Waals surface area contributed by atoms with Gasteiger partial charge in [0.1, 0.15) is 0 Å². The minimum Gasteiger partial charge on any atom is -0.476 e. The first kappa shape index (κ1) is 13.2. The first-order chi connectivity index (χ1) is 8.41. The number of hydrogen-bond donors (Lipinski definition) is 1. The van der Waals surface area contributed by atoms with E-state index in [-0.39, 0.29) is 12.2 Å². The monoisotopic (exact) mass is 291 g/mol. The fraction of sp³-hybridized carbons (Fsp3) is 0.500. The van der Waals surface area contributed by atoms with Gasteiger partial charge in [0.15, 0.2) is 10.5 Å². The van der Waals surface area contributed by atoms with E-state index in [1.165, 1.54) is 4.90 Å². The van der Waals surface area contributed by atoms with Gasteiger partial charge in [0.25, 0.3) is 5.91 Å². The second-order valence-corrected chi connectivity index (χ2v) is 5.11. The fourth-order valence-electron chi connectivity index (χ4n) is 2.09. The SMILES string of the molecule is Cn1nc(C(=O)O)c2c1CCN(C(=O)C(Cl)Cl)C2. The highest BCUT2D eigenvalue weighted by Crippen LogP contribution is 2.23. The van der Waals surface area contributed by atoms with Crippen LogP contribution >= 0.6 is 23.2 Å². The molecule has 0 radical (unpaired) electrons. The number of rotatable bonds is 2. The van der Waals surface area contributed by atoms with Crippen molar-refractivity contribution in [3.05, 3.63) is 17.0 Å². The lowest BCUT2D eigenvalue weighted by molar-refractivity contribution is -0.130. The van der Waals surface area contributed by atoms with E-state index in [0.29, 0.717) is 18.5 Å². The highest BCUT2D eigenvalue weighted by atomic mass is 35.5. The molecule has 0 atom stereocenters. The quantitative estimate of drug-likeness (QED) is 0.818. The summed E-state index contributed by atoms with van der Waals surface area (Å²) in [4.78, 5) is 23.1. The molecule has 0 aliphatic carbocycles. The third kappa shape index (κ3) is 2.18. The van der Waals surface area contributed by atoms with Crippen molar-refractivity contribution in [3.8, 4) is 0 Å². The minimum absolute atomic E-state index is 0.0225. The highest BCUT2D eigenvalue weighted by Gasteiger charge is 2.30. The van der Waals surface area contributed by atoms with Crippen LogP contribution in [0.3, 0.4) is 0 Å². The number of alkyl halides is 2. The molecule has 0 bridgehead atoms. The molecule has 1 aromatic rings. The zero-order chi connectivity index (χ0) is 13.4. The number of amides is 1. The van der Waals surface area contributed by atoms with Crippen LogP contribution < -0.4 is 0 Å². The Hall–Kier alpha value is -1.27. The normalized spacial score (nSPS) is 14.8. The molecule has 98 valence electrons. The van der Waals surface area contributed by atoms with Crippen molar-refractivity contribution in [1.29, 1.82) is 0 Å². The molecular weight excluding hydrogens is 281 g/mol. The Balaban J connectivity index is 2.33. The third-order valence-corrected chi connectivity index (χ3v) is 3.32. The summed E-state index contributed by atoms with van der Waals surface area (Å²) in [7, 11) is 1.69. The Bertz CT molecular complexity index is 513. The van der Waals surface area contributed by atoms with E-state index >= 15 is 0 Å². The molecule has 0 aromatic carbocycles. The van der Waals surface area contributed by atoms with Crippen LogP contribution in [0, 0.1) is 0 Å². The zero-order valence-corrected chi connectivity index (χ0v) is 11.1. The number of carbonyl (C=O) groups is 2. The van der Waals surface area contributed by atoms with E-state index in [1.807, 2.05) is 0 Å². The Morgan fingerprint density at radius 3 is 2.67 bits per heavy atom. The molecule has 1 amide bonds. The number of nitrogens with zero attached hydrogens (tertiary/aromatic N) is 3. The first-order valence-corrected chi connectivity index (χ1v) is 6.14. The van der Waals surface area contributed by atoms with Crippen LogP contribution in [0.1, 0.15) is 21.7 Å². The molecule has 0 spiro atoms. The van der Waals surface area contributed by atoms with Crippen molar-refractivity contribution >= 4 is 35.1 Å². The van der Waals surface area contributed by atoms with Crippen molar-refractivity contribution < 1.29 is 14.7 Å². The molecule has 2 rings (SSSR count). The lowest BCUT2D eigenvalue weighted by Crippen LogP contribution is -2.39. The lowest BCUT2D eigenvalue weighted by Gasteiger charge is -2.27. The van der Waals surface area contributed by atoms with Gasteiger partial charge < -0.3 is 10.0 Å². The molecule has 0 fully saturated rings. The Kier molecular flexibility index (Phi) is 3.49. The smallest absolute Gasteiger partial charge is 0.356 e. The van der Waals surface area contributed by atoms with Gasteiger partial charge in [-0.15, -0.1) is 0 Å². The predicted molar refractivity (Wildman–Crippen MR) is 64.8 cm³/mol. The van der Waals surface area contributed by atoms with Crippen LogP contribution in [0.25, 0.3) is 0 Å². The number of carbonyl (C=O) groups excluding carboxylic acids is 1. The van der Waals surface area contributed by atoms with Crippen LogP contribution in [0.15, 0.2) is 0 Å². The Labute approximate surface area is 113 Å². The van der Waals surface area contributed by atoms with E-state index in [1.54, 1.807) is 11.7 Å². The molecule has 0 unspecified atom stereocenters. The molecule has 6 nitrogen and oxygen atoms in total. The second-order valence-electron chi connectivity index (χ2n) is 4.01. The number of carboxylic acid groups (broad SMARTS) is 1. The standard InChI is InChI=1S/C10H11Cl2N3O3/c1-14-6-2-3-15(9(16)8(11)12)4-5(6)7(13-14)10(17)18/h8H,2-4H2,1H3,(H,17,18). The number of hydrogen-bond acceptors (Lipinski definition) is 3. The summed E-state index contributed by atoms with van der Waals surface area (Å²) in [6.45, 7) is 0.639. The maximum absolute atomic E-state index is 11.7. The van der Waals surface area contributed by atoms with Gasteiger partial charge in [-0.05, 0) is 0 Å². The van der Waals surface area contributed by atoms with Gasteiger partial charge in [0.05, 0.1) is 0 Å². The summed E-state index contributed by atoms with van der Waals surface area (Å²) in [5.41, 5.74) is 1.36. The van der Waals surface area contributed by atoms with Gasteiger partial charge in [-0.25, -0.2) is 4.79 Å². The van der Waals surface area contributed by atoms with Crippen LogP contribution in [-0.2, 0) is 24.8 Å². The molecule has 0 saturated carbocycles. The van der Waals surface area contributed by atoms with Crippen molar-refractivity contribution in [3.63, 3.8) is 0 Å². The molecule has 1 aliphatic rings. The van der Waals surface area contributed by atoms with E-state index < -0.39 is 16.7 Å². The maximum atomic E-state index is 11.7. The average Bonchev–Trinajstić information content (AvgIpc) is 2.65. The number of aryl methyl sites for hydroxylation is 1. The summed E-state index contributed by atoms with van der Waals surface area (Å²) in [6, 6.07) is 0. The van der Waals surface area contributed by atoms with Crippen molar-refractivity contribution in [2.24, 2.45) is 7.05 Å². The first-order valence-electron chi connectivity index (χ1n) is 5.26. The molecule has 1 aromatic heterocycles. The summed E-state index contributed by atoms with van der Waals surface area (Å²) in [5.74, 6) is -1.52. The molecular formula is C10H11Cl2N3O3. The van der Waals surface area contributed by atoms with Gasteiger partial charge in [-0.3, -0.25) is 9.48 Å². The summed E-state index contributed by atoms with van der Waals surface area (Å²) < 4.78 is 1.54. The summed E-state index contributed by atoms with van der Waals surface area (Å²) in [6.07, 6.45) is 0.540. The second kappa shape index (κ2) is 4.78. The Morgan fingerprint density at radius 1 is 1.44 bits per heavy atom. The number of halogens is 2. The molecule has 18 heavy (non-hydrogen) atoms. The van der Waals surface area contributed by atoms with E-state index in [0.717, 1.165) is 5.69 Å². The highest BCUT2D eigenvalue weighted by molar-refractivity contribution is 6.53. The topological polar surface area (TPSA) is 75.4 Å². The van der Waals surface area contributed by atoms with Crippen LogP contribution in [0.5, 0.6) is 0 Å². The van der Waals surface area contributed by atoms with Crippen molar-refractivity contribution in [1.82, 2.24) is 14.7 Å². The predicted octanol–water partition coefficient (Wildman–Crippen LogP) is 0.807. The largest absolute Gasteiger partial charge is 0.476 e. The van der Waals surface area contributed by atoms with Gasteiger partial charge in [-0.2, -0.15) is 5.10 Å². The maximum Gasteiger partial charge on any atom is 0.356 e. The van der Waals surface area contributed by atoms with Gasteiger partial charge in [0.2, 0.25) is 0 Å². The van der Waals surface area contributed by atoms with E-state index in [9.17, 15) is 9.59 Å². The summed E-state index contributed by atoms with van der Waals surface area (Å²) >= 11 is 11.1. The minimum atomic E-state index is -1.13. The molecule has 0 saturated heterocycles. The van der Waals surface area contributed by atoms with Gasteiger partial charge in [-0.1, -0.05) is 23.2 Å². The van der Waals surface area contributed by atoms with Gasteiger partial charge in [0, 0.05) is 37.8 Å². The van der Waals surface area contributed by atoms with Crippen LogP contribution in [0.2, 0.25) is 0 Å². The van der Waals surface area contributed by atoms with E-state index in [2.05, 4.69) is 5.10 Å². The van der Waals surface area contributed by atoms with Crippen LogP contribution in [-0.4, -0.2) is 43.0 Å². The fourth-order valence-corrected chi connectivity index (χ4v) is 2.37. The number of carboxylic acids is 1. The Morgan fingerprint density at radius 2 is 2.11 bits per heavy atom. The summed E-state index contributed by atoms with van der Waals surface area (Å²) in [5, 5.41) is 13.0.